The van der Waals surface area contributed by atoms with Crippen LogP contribution in [0.1, 0.15) is 0 Å². The van der Waals surface area contributed by atoms with Crippen LogP contribution >= 0.6 is 27.7 Å². The molecule has 0 unspecified atom stereocenters. The average Bonchev–Trinajstić information content (AvgIpc) is 2.95. The van der Waals surface area contributed by atoms with Crippen molar-refractivity contribution in [3.05, 3.63) is 63.1 Å². The molecule has 0 aliphatic carbocycles. The van der Waals surface area contributed by atoms with Crippen molar-refractivity contribution < 1.29 is 18.6 Å². The van der Waals surface area contributed by atoms with E-state index < -0.39 is 0 Å². The molecule has 0 amide bonds. The van der Waals surface area contributed by atoms with Gasteiger partial charge in [-0.25, -0.2) is 9.07 Å². The van der Waals surface area contributed by atoms with Crippen LogP contribution in [-0.2, 0) is 6.67 Å². The zero-order chi connectivity index (χ0) is 27.9. The Labute approximate surface area is 240 Å². The smallest absolute Gasteiger partial charge is 0.284 e. The second kappa shape index (κ2) is 13.5. The number of hydrogen-bond acceptors (Lipinski definition) is 9. The van der Waals surface area contributed by atoms with E-state index in [1.807, 2.05) is 24.1 Å². The highest BCUT2D eigenvalue weighted by molar-refractivity contribution is 9.10. The van der Waals surface area contributed by atoms with Gasteiger partial charge in [-0.05, 0) is 59.4 Å². The molecule has 1 fully saturated rings. The first kappa shape index (κ1) is 29.2. The number of thioether (sulfide) groups is 1. The summed E-state index contributed by atoms with van der Waals surface area (Å²) in [6.45, 7) is 4.26. The van der Waals surface area contributed by atoms with Gasteiger partial charge in [0.05, 0.1) is 27.5 Å². The molecular formula is C27H33BrFN5O4S. The lowest BCUT2D eigenvalue weighted by molar-refractivity contribution is 0.116. The number of aromatic nitrogens is 2. The lowest BCUT2D eigenvalue weighted by Gasteiger charge is -2.32. The van der Waals surface area contributed by atoms with Crippen LogP contribution in [0.5, 0.6) is 17.4 Å². The van der Waals surface area contributed by atoms with Gasteiger partial charge < -0.3 is 24.0 Å². The van der Waals surface area contributed by atoms with Crippen LogP contribution in [0.4, 0.5) is 15.8 Å². The molecule has 1 aromatic heterocycles. The van der Waals surface area contributed by atoms with Gasteiger partial charge in [-0.3, -0.25) is 9.69 Å². The van der Waals surface area contributed by atoms with Crippen LogP contribution in [0.2, 0.25) is 0 Å². The molecule has 39 heavy (non-hydrogen) atoms. The Bertz CT molecular complexity index is 1320. The lowest BCUT2D eigenvalue weighted by Crippen LogP contribution is -2.46. The number of nitrogens with zero attached hydrogens (tertiary/aromatic N) is 5. The van der Waals surface area contributed by atoms with Gasteiger partial charge in [0, 0.05) is 55.6 Å². The molecule has 4 rings (SSSR count). The molecule has 0 radical (unpaired) electrons. The van der Waals surface area contributed by atoms with Gasteiger partial charge in [0.25, 0.3) is 11.4 Å². The second-order valence-electron chi connectivity index (χ2n) is 9.08. The quantitative estimate of drug-likeness (QED) is 0.230. The van der Waals surface area contributed by atoms with Crippen LogP contribution in [0, 0.1) is 5.82 Å². The van der Waals surface area contributed by atoms with Gasteiger partial charge in [-0.15, -0.1) is 16.9 Å². The fourth-order valence-corrected chi connectivity index (χ4v) is 5.54. The molecule has 1 aliphatic heterocycles. The number of piperazine rings is 1. The van der Waals surface area contributed by atoms with E-state index in [0.29, 0.717) is 46.6 Å². The highest BCUT2D eigenvalue weighted by Gasteiger charge is 2.24. The summed E-state index contributed by atoms with van der Waals surface area (Å²) in [5.41, 5.74) is 1.02. The molecule has 1 saturated heterocycles. The molecule has 1 aliphatic rings. The number of anilines is 2. The zero-order valence-corrected chi connectivity index (χ0v) is 24.9. The second-order valence-corrected chi connectivity index (χ2v) is 11.0. The van der Waals surface area contributed by atoms with Crippen molar-refractivity contribution in [3.63, 3.8) is 0 Å². The highest BCUT2D eigenvalue weighted by atomic mass is 79.9. The van der Waals surface area contributed by atoms with E-state index in [0.717, 1.165) is 36.8 Å². The van der Waals surface area contributed by atoms with Gasteiger partial charge in [-0.2, -0.15) is 0 Å². The first-order chi connectivity index (χ1) is 18.8. The Morgan fingerprint density at radius 1 is 1.05 bits per heavy atom. The van der Waals surface area contributed by atoms with Gasteiger partial charge in [0.2, 0.25) is 0 Å². The van der Waals surface area contributed by atoms with Crippen LogP contribution in [0.3, 0.4) is 0 Å². The summed E-state index contributed by atoms with van der Waals surface area (Å²) in [4.78, 5) is 20.7. The van der Waals surface area contributed by atoms with Crippen molar-refractivity contribution in [1.29, 1.82) is 0 Å². The Balaban J connectivity index is 1.62. The van der Waals surface area contributed by atoms with Gasteiger partial charge in [0.1, 0.15) is 16.0 Å². The van der Waals surface area contributed by atoms with E-state index >= 15 is 0 Å². The molecule has 2 heterocycles. The van der Waals surface area contributed by atoms with Crippen molar-refractivity contribution in [2.45, 2.75) is 11.6 Å². The fraction of sp³-hybridized carbons (Fsp3) is 0.407. The van der Waals surface area contributed by atoms with Gasteiger partial charge >= 0.3 is 0 Å². The summed E-state index contributed by atoms with van der Waals surface area (Å²) in [6.07, 6.45) is 0. The third kappa shape index (κ3) is 7.24. The van der Waals surface area contributed by atoms with E-state index in [1.165, 1.54) is 16.8 Å². The number of benzene rings is 2. The third-order valence-corrected chi connectivity index (χ3v) is 8.16. The Morgan fingerprint density at radius 3 is 2.41 bits per heavy atom. The minimum Gasteiger partial charge on any atom is -0.493 e. The predicted octanol–water partition coefficient (Wildman–Crippen LogP) is 4.31. The molecule has 2 aromatic carbocycles. The summed E-state index contributed by atoms with van der Waals surface area (Å²) < 4.78 is 32.1. The monoisotopic (exact) mass is 621 g/mol. The number of ether oxygens (including phenoxy) is 3. The minimum absolute atomic E-state index is 0.246. The van der Waals surface area contributed by atoms with Gasteiger partial charge in [-0.1, -0.05) is 0 Å². The average molecular weight is 623 g/mol. The van der Waals surface area contributed by atoms with Crippen LogP contribution in [0.25, 0.3) is 0 Å². The van der Waals surface area contributed by atoms with E-state index in [4.69, 9.17) is 14.2 Å². The van der Waals surface area contributed by atoms with Crippen LogP contribution in [-0.4, -0.2) is 86.4 Å². The summed E-state index contributed by atoms with van der Waals surface area (Å²) in [5.74, 6) is 1.83. The summed E-state index contributed by atoms with van der Waals surface area (Å²) in [5, 5.41) is 4.67. The Morgan fingerprint density at radius 2 is 1.74 bits per heavy atom. The standard InChI is InChI=1S/C27H33BrFN5O4S/c1-31-11-13-33(14-12-31)18-34-27(35)24(28)25(32(2)20-7-10-22(36-3)23(17-20)37-4)26(30-34)38-15-16-39-21-8-5-19(29)6-9-21/h5-10,17H,11-16,18H2,1-4H3. The van der Waals surface area contributed by atoms with E-state index in [-0.39, 0.29) is 11.4 Å². The van der Waals surface area contributed by atoms with Crippen LogP contribution < -0.4 is 24.7 Å². The maximum atomic E-state index is 13.4. The molecule has 0 spiro atoms. The van der Waals surface area contributed by atoms with Gasteiger partial charge in [0.15, 0.2) is 11.5 Å². The fourth-order valence-electron chi connectivity index (χ4n) is 4.16. The summed E-state index contributed by atoms with van der Waals surface area (Å²) >= 11 is 5.10. The number of likely N-dealkylation sites (N-methyl/N-ethyl adjacent to an activating group) is 1. The van der Waals surface area contributed by atoms with Crippen molar-refractivity contribution in [2.24, 2.45) is 0 Å². The molecule has 0 atom stereocenters. The molecule has 0 N–H and O–H groups in total. The predicted molar refractivity (Wildman–Crippen MR) is 155 cm³/mol. The lowest BCUT2D eigenvalue weighted by atomic mass is 10.2. The summed E-state index contributed by atoms with van der Waals surface area (Å²) in [6, 6.07) is 11.9. The SMILES string of the molecule is COc1ccc(N(C)c2c(OCCSc3ccc(F)cc3)nn(CN3CCN(C)CC3)c(=O)c2Br)cc1OC. The molecule has 0 saturated carbocycles. The first-order valence-corrected chi connectivity index (χ1v) is 14.3. The van der Waals surface area contributed by atoms with Crippen molar-refractivity contribution >= 4 is 39.1 Å². The van der Waals surface area contributed by atoms with Crippen molar-refractivity contribution in [3.8, 4) is 17.4 Å². The largest absolute Gasteiger partial charge is 0.493 e. The number of rotatable bonds is 11. The molecule has 9 nitrogen and oxygen atoms in total. The zero-order valence-electron chi connectivity index (χ0n) is 22.5. The highest BCUT2D eigenvalue weighted by Crippen LogP contribution is 2.39. The van der Waals surface area contributed by atoms with E-state index in [1.54, 1.807) is 44.2 Å². The maximum absolute atomic E-state index is 13.4. The molecule has 0 bridgehead atoms. The maximum Gasteiger partial charge on any atom is 0.284 e. The molecular weight excluding hydrogens is 589 g/mol. The molecule has 3 aromatic rings. The number of halogens is 2. The molecule has 12 heteroatoms. The number of methoxy groups -OCH3 is 2. The Kier molecular flexibility index (Phi) is 10.1. The summed E-state index contributed by atoms with van der Waals surface area (Å²) in [7, 11) is 7.09. The van der Waals surface area contributed by atoms with E-state index in [2.05, 4.69) is 37.9 Å². The van der Waals surface area contributed by atoms with Crippen molar-refractivity contribution in [1.82, 2.24) is 19.6 Å². The minimum atomic E-state index is -0.268. The molecule has 210 valence electrons. The number of hydrogen-bond donors (Lipinski definition) is 0. The van der Waals surface area contributed by atoms with Crippen LogP contribution in [0.15, 0.2) is 56.6 Å². The topological polar surface area (TPSA) is 72.3 Å². The first-order valence-electron chi connectivity index (χ1n) is 12.5. The normalized spacial score (nSPS) is 14.3. The third-order valence-electron chi connectivity index (χ3n) is 6.47. The Hall–Kier alpha value is -2.80. The van der Waals surface area contributed by atoms with E-state index in [9.17, 15) is 9.18 Å². The van der Waals surface area contributed by atoms with Crippen molar-refractivity contribution in [2.75, 3.05) is 71.8 Å².